The van der Waals surface area contributed by atoms with Crippen molar-refractivity contribution in [2.45, 2.75) is 96.5 Å². The number of ketones is 1. The number of esters is 1. The van der Waals surface area contributed by atoms with Crippen LogP contribution < -0.4 is 0 Å². The summed E-state index contributed by atoms with van der Waals surface area (Å²) in [5.74, 6) is -0.352. The van der Waals surface area contributed by atoms with Gasteiger partial charge in [-0.05, 0) is 31.3 Å². The fourth-order valence-corrected chi connectivity index (χ4v) is 2.67. The molecular weight excluding hydrogens is 304 g/mol. The highest BCUT2D eigenvalue weighted by Gasteiger charge is 2.14. The maximum atomic E-state index is 12.0. The molecule has 0 saturated carbocycles. The second-order valence-corrected chi connectivity index (χ2v) is 6.54. The van der Waals surface area contributed by atoms with Crippen molar-refractivity contribution in [3.63, 3.8) is 0 Å². The van der Waals surface area contributed by atoms with E-state index < -0.39 is 12.1 Å². The maximum absolute atomic E-state index is 12.0. The van der Waals surface area contributed by atoms with Crippen LogP contribution in [0.1, 0.15) is 90.4 Å². The zero-order chi connectivity index (χ0) is 18.2. The van der Waals surface area contributed by atoms with Crippen LogP contribution >= 0.6 is 0 Å². The van der Waals surface area contributed by atoms with Crippen LogP contribution in [-0.2, 0) is 14.3 Å². The summed E-state index contributed by atoms with van der Waals surface area (Å²) in [6, 6.07) is 0. The predicted octanol–water partition coefficient (Wildman–Crippen LogP) is 4.74. The number of unbranched alkanes of at least 4 members (excludes halogenated alkanes) is 8. The number of hydrogen-bond acceptors (Lipinski definition) is 4. The lowest BCUT2D eigenvalue weighted by Gasteiger charge is -2.08. The monoisotopic (exact) mass is 340 g/mol. The molecule has 0 fully saturated rings. The molecule has 140 valence electrons. The van der Waals surface area contributed by atoms with Gasteiger partial charge in [-0.25, -0.2) is 4.79 Å². The SMILES string of the molecule is C=C(CCCCCC[C@@H](O)C(=O)OC)C(=O)CCCCCCCC. The van der Waals surface area contributed by atoms with E-state index in [4.69, 9.17) is 0 Å². The molecule has 0 aromatic heterocycles. The quantitative estimate of drug-likeness (QED) is 0.250. The smallest absolute Gasteiger partial charge is 0.334 e. The Kier molecular flexibility index (Phi) is 14.6. The lowest BCUT2D eigenvalue weighted by Crippen LogP contribution is -2.21. The van der Waals surface area contributed by atoms with Crippen LogP contribution in [0.5, 0.6) is 0 Å². The number of carbonyl (C=O) groups is 2. The second kappa shape index (κ2) is 15.4. The van der Waals surface area contributed by atoms with Crippen molar-refractivity contribution in [1.29, 1.82) is 0 Å². The first-order chi connectivity index (χ1) is 11.5. The number of hydrogen-bond donors (Lipinski definition) is 1. The number of methoxy groups -OCH3 is 1. The maximum Gasteiger partial charge on any atom is 0.334 e. The summed E-state index contributed by atoms with van der Waals surface area (Å²) in [4.78, 5) is 23.0. The van der Waals surface area contributed by atoms with E-state index in [1.807, 2.05) is 0 Å². The topological polar surface area (TPSA) is 63.6 Å². The third kappa shape index (κ3) is 12.3. The molecule has 0 aliphatic rings. The minimum absolute atomic E-state index is 0.214. The summed E-state index contributed by atoms with van der Waals surface area (Å²) in [7, 11) is 1.28. The molecule has 0 radical (unpaired) electrons. The molecule has 0 saturated heterocycles. The summed E-state index contributed by atoms with van der Waals surface area (Å²) in [6.07, 6.45) is 11.6. The molecule has 0 aromatic rings. The van der Waals surface area contributed by atoms with Crippen molar-refractivity contribution < 1.29 is 19.4 Å². The third-order valence-corrected chi connectivity index (χ3v) is 4.33. The Morgan fingerprint density at radius 1 is 0.917 bits per heavy atom. The first-order valence-electron chi connectivity index (χ1n) is 9.49. The van der Waals surface area contributed by atoms with E-state index in [-0.39, 0.29) is 5.78 Å². The Bertz CT molecular complexity index is 363. The Balaban J connectivity index is 3.54. The van der Waals surface area contributed by atoms with Gasteiger partial charge in [0.05, 0.1) is 7.11 Å². The van der Waals surface area contributed by atoms with Gasteiger partial charge in [-0.15, -0.1) is 0 Å². The van der Waals surface area contributed by atoms with E-state index in [9.17, 15) is 14.7 Å². The fourth-order valence-electron chi connectivity index (χ4n) is 2.67. The molecule has 0 amide bonds. The summed E-state index contributed by atoms with van der Waals surface area (Å²) in [6.45, 7) is 6.12. The predicted molar refractivity (Wildman–Crippen MR) is 97.9 cm³/mol. The van der Waals surface area contributed by atoms with Gasteiger partial charge in [0.25, 0.3) is 0 Å². The summed E-state index contributed by atoms with van der Waals surface area (Å²) in [5, 5.41) is 9.45. The molecule has 4 heteroatoms. The Hall–Kier alpha value is -1.16. The molecule has 0 spiro atoms. The lowest BCUT2D eigenvalue weighted by atomic mass is 9.99. The van der Waals surface area contributed by atoms with Crippen LogP contribution in [-0.4, -0.2) is 30.1 Å². The number of carbonyl (C=O) groups excluding carboxylic acids is 2. The number of aliphatic hydroxyl groups is 1. The Labute approximate surface area is 147 Å². The summed E-state index contributed by atoms with van der Waals surface area (Å²) < 4.78 is 4.47. The van der Waals surface area contributed by atoms with Crippen molar-refractivity contribution in [2.75, 3.05) is 7.11 Å². The molecule has 24 heavy (non-hydrogen) atoms. The van der Waals surface area contributed by atoms with Crippen molar-refractivity contribution in [3.05, 3.63) is 12.2 Å². The normalized spacial score (nSPS) is 12.0. The van der Waals surface area contributed by atoms with Gasteiger partial charge in [-0.2, -0.15) is 0 Å². The van der Waals surface area contributed by atoms with Gasteiger partial charge in [0, 0.05) is 6.42 Å². The molecule has 0 rings (SSSR count). The minimum atomic E-state index is -1.01. The molecule has 1 N–H and O–H groups in total. The number of ether oxygens (including phenoxy) is 1. The van der Waals surface area contributed by atoms with E-state index in [0.29, 0.717) is 12.8 Å². The van der Waals surface area contributed by atoms with Gasteiger partial charge in [0.15, 0.2) is 11.9 Å². The molecular formula is C20H36O4. The molecule has 1 atom stereocenters. The number of allylic oxidation sites excluding steroid dienone is 1. The first kappa shape index (κ1) is 22.8. The molecule has 4 nitrogen and oxygen atoms in total. The van der Waals surface area contributed by atoms with Gasteiger partial charge in [-0.3, -0.25) is 4.79 Å². The van der Waals surface area contributed by atoms with Gasteiger partial charge in [-0.1, -0.05) is 64.9 Å². The highest BCUT2D eigenvalue weighted by molar-refractivity contribution is 5.94. The van der Waals surface area contributed by atoms with Crippen LogP contribution in [0.4, 0.5) is 0 Å². The average molecular weight is 341 g/mol. The van der Waals surface area contributed by atoms with Gasteiger partial charge >= 0.3 is 5.97 Å². The minimum Gasteiger partial charge on any atom is -0.467 e. The molecule has 0 aliphatic carbocycles. The van der Waals surface area contributed by atoms with Crippen LogP contribution in [0.2, 0.25) is 0 Å². The fraction of sp³-hybridized carbons (Fsp3) is 0.800. The molecule has 0 heterocycles. The van der Waals surface area contributed by atoms with E-state index in [1.165, 1.54) is 32.8 Å². The third-order valence-electron chi connectivity index (χ3n) is 4.33. The number of aliphatic hydroxyl groups excluding tert-OH is 1. The molecule has 0 bridgehead atoms. The van der Waals surface area contributed by atoms with Crippen molar-refractivity contribution >= 4 is 11.8 Å². The van der Waals surface area contributed by atoms with Crippen LogP contribution in [0.3, 0.4) is 0 Å². The van der Waals surface area contributed by atoms with Crippen LogP contribution in [0.25, 0.3) is 0 Å². The molecule has 0 aromatic carbocycles. The van der Waals surface area contributed by atoms with Crippen molar-refractivity contribution in [1.82, 2.24) is 0 Å². The second-order valence-electron chi connectivity index (χ2n) is 6.54. The van der Waals surface area contributed by atoms with Crippen LogP contribution in [0, 0.1) is 0 Å². The van der Waals surface area contributed by atoms with Gasteiger partial charge in [0.1, 0.15) is 0 Å². The number of rotatable bonds is 16. The average Bonchev–Trinajstić information content (AvgIpc) is 2.59. The highest BCUT2D eigenvalue weighted by Crippen LogP contribution is 2.15. The van der Waals surface area contributed by atoms with E-state index in [1.54, 1.807) is 0 Å². The van der Waals surface area contributed by atoms with E-state index >= 15 is 0 Å². The standard InChI is InChI=1S/C20H36O4/c1-4-5-6-7-8-12-15-18(21)17(2)14-11-9-10-13-16-19(22)20(23)24-3/h19,22H,2,4-16H2,1,3H3/t19-/m1/s1. The zero-order valence-electron chi connectivity index (χ0n) is 15.6. The number of Topliss-reactive ketones (excluding diaryl/α,β-unsaturated/α-hetero) is 1. The van der Waals surface area contributed by atoms with E-state index in [2.05, 4.69) is 18.2 Å². The molecule has 0 unspecified atom stereocenters. The molecule has 0 aliphatic heterocycles. The van der Waals surface area contributed by atoms with Gasteiger partial charge in [0.2, 0.25) is 0 Å². The Morgan fingerprint density at radius 2 is 1.46 bits per heavy atom. The van der Waals surface area contributed by atoms with Crippen molar-refractivity contribution in [2.24, 2.45) is 0 Å². The van der Waals surface area contributed by atoms with Crippen molar-refractivity contribution in [3.8, 4) is 0 Å². The first-order valence-corrected chi connectivity index (χ1v) is 9.49. The lowest BCUT2D eigenvalue weighted by molar-refractivity contribution is -0.150. The van der Waals surface area contributed by atoms with E-state index in [0.717, 1.165) is 50.5 Å². The summed E-state index contributed by atoms with van der Waals surface area (Å²) in [5.41, 5.74) is 0.748. The van der Waals surface area contributed by atoms with Crippen LogP contribution in [0.15, 0.2) is 12.2 Å². The zero-order valence-corrected chi connectivity index (χ0v) is 15.6. The summed E-state index contributed by atoms with van der Waals surface area (Å²) >= 11 is 0. The Morgan fingerprint density at radius 3 is 2.08 bits per heavy atom. The highest BCUT2D eigenvalue weighted by atomic mass is 16.5. The van der Waals surface area contributed by atoms with Gasteiger partial charge < -0.3 is 9.84 Å². The largest absolute Gasteiger partial charge is 0.467 e.